The van der Waals surface area contributed by atoms with Crippen LogP contribution in [-0.2, 0) is 6.42 Å². The average Bonchev–Trinajstić information content (AvgIpc) is 2.90. The molecule has 1 atom stereocenters. The fourth-order valence-corrected chi connectivity index (χ4v) is 2.79. The lowest BCUT2D eigenvalue weighted by atomic mass is 9.94. The molecule has 3 aromatic rings. The molecule has 3 heterocycles. The van der Waals surface area contributed by atoms with E-state index in [2.05, 4.69) is 44.2 Å². The van der Waals surface area contributed by atoms with Gasteiger partial charge in [-0.15, -0.1) is 10.2 Å². The first-order valence-electron chi connectivity index (χ1n) is 6.54. The number of benzene rings is 1. The number of pyridine rings is 1. The summed E-state index contributed by atoms with van der Waals surface area (Å²) in [6, 6.07) is 14.7. The van der Waals surface area contributed by atoms with Gasteiger partial charge in [0.2, 0.25) is 0 Å². The van der Waals surface area contributed by atoms with Crippen LogP contribution in [0.2, 0.25) is 0 Å². The third-order valence-corrected chi connectivity index (χ3v) is 3.71. The summed E-state index contributed by atoms with van der Waals surface area (Å²) in [5, 5.41) is 12.2. The Hall–Kier alpha value is -2.20. The van der Waals surface area contributed by atoms with Gasteiger partial charge in [0, 0.05) is 12.7 Å². The van der Waals surface area contributed by atoms with Crippen LogP contribution in [0.25, 0.3) is 5.65 Å². The molecule has 1 unspecified atom stereocenters. The van der Waals surface area contributed by atoms with Gasteiger partial charge in [0.1, 0.15) is 0 Å². The summed E-state index contributed by atoms with van der Waals surface area (Å²) < 4.78 is 2.06. The van der Waals surface area contributed by atoms with E-state index in [1.54, 1.807) is 0 Å². The van der Waals surface area contributed by atoms with E-state index in [1.165, 1.54) is 11.1 Å². The van der Waals surface area contributed by atoms with Crippen molar-refractivity contribution in [2.24, 2.45) is 0 Å². The number of hydrogen-bond donors (Lipinski definition) is 1. The van der Waals surface area contributed by atoms with Crippen molar-refractivity contribution in [1.82, 2.24) is 19.9 Å². The molecule has 94 valence electrons. The van der Waals surface area contributed by atoms with Gasteiger partial charge in [0.25, 0.3) is 0 Å². The molecule has 4 heteroatoms. The predicted octanol–water partition coefficient (Wildman–Crippen LogP) is 1.96. The van der Waals surface area contributed by atoms with Crippen LogP contribution in [0.15, 0.2) is 48.7 Å². The van der Waals surface area contributed by atoms with Crippen LogP contribution in [0.5, 0.6) is 0 Å². The highest BCUT2D eigenvalue weighted by Gasteiger charge is 2.24. The second-order valence-corrected chi connectivity index (χ2v) is 4.82. The SMILES string of the molecule is c1ccc2c(c1)CCNC2c1nnc2ccccn12. The maximum absolute atomic E-state index is 4.37. The molecule has 0 bridgehead atoms. The van der Waals surface area contributed by atoms with Crippen molar-refractivity contribution in [2.45, 2.75) is 12.5 Å². The van der Waals surface area contributed by atoms with Crippen molar-refractivity contribution >= 4 is 5.65 Å². The Balaban J connectivity index is 1.90. The number of nitrogens with one attached hydrogen (secondary N) is 1. The molecule has 0 spiro atoms. The van der Waals surface area contributed by atoms with Crippen LogP contribution < -0.4 is 5.32 Å². The molecule has 0 saturated carbocycles. The molecule has 1 aliphatic heterocycles. The van der Waals surface area contributed by atoms with Crippen molar-refractivity contribution in [3.63, 3.8) is 0 Å². The standard InChI is InChI=1S/C15H14N4/c1-2-6-12-11(5-1)8-9-16-14(12)15-18-17-13-7-3-4-10-19(13)15/h1-7,10,14,16H,8-9H2. The van der Waals surface area contributed by atoms with Crippen LogP contribution in [0.4, 0.5) is 0 Å². The highest BCUT2D eigenvalue weighted by molar-refractivity contribution is 5.41. The van der Waals surface area contributed by atoms with E-state index in [1.807, 2.05) is 24.4 Å². The molecule has 19 heavy (non-hydrogen) atoms. The molecule has 0 amide bonds. The van der Waals surface area contributed by atoms with Gasteiger partial charge in [-0.2, -0.15) is 0 Å². The highest BCUT2D eigenvalue weighted by atomic mass is 15.3. The summed E-state index contributed by atoms with van der Waals surface area (Å²) in [7, 11) is 0. The van der Waals surface area contributed by atoms with Gasteiger partial charge in [-0.05, 0) is 29.7 Å². The van der Waals surface area contributed by atoms with Gasteiger partial charge < -0.3 is 5.32 Å². The molecular formula is C15H14N4. The third-order valence-electron chi connectivity index (χ3n) is 3.71. The molecule has 1 aliphatic rings. The number of fused-ring (bicyclic) bond motifs is 2. The monoisotopic (exact) mass is 250 g/mol. The van der Waals surface area contributed by atoms with Crippen LogP contribution in [0, 0.1) is 0 Å². The Labute approximate surface area is 111 Å². The van der Waals surface area contributed by atoms with E-state index in [-0.39, 0.29) is 6.04 Å². The lowest BCUT2D eigenvalue weighted by Gasteiger charge is -2.25. The molecule has 2 aromatic heterocycles. The zero-order chi connectivity index (χ0) is 12.7. The van der Waals surface area contributed by atoms with Crippen molar-refractivity contribution in [3.8, 4) is 0 Å². The summed E-state index contributed by atoms with van der Waals surface area (Å²) >= 11 is 0. The van der Waals surface area contributed by atoms with Gasteiger partial charge in [0.15, 0.2) is 11.5 Å². The second-order valence-electron chi connectivity index (χ2n) is 4.82. The van der Waals surface area contributed by atoms with Gasteiger partial charge in [-0.3, -0.25) is 4.40 Å². The third kappa shape index (κ3) is 1.64. The lowest BCUT2D eigenvalue weighted by Crippen LogP contribution is -2.31. The lowest BCUT2D eigenvalue weighted by molar-refractivity contribution is 0.540. The number of rotatable bonds is 1. The minimum atomic E-state index is 0.127. The first kappa shape index (κ1) is 10.7. The zero-order valence-corrected chi connectivity index (χ0v) is 10.5. The van der Waals surface area contributed by atoms with Crippen molar-refractivity contribution in [2.75, 3.05) is 6.54 Å². The fraction of sp³-hybridized carbons (Fsp3) is 0.200. The summed E-state index contributed by atoms with van der Waals surface area (Å²) in [6.07, 6.45) is 3.09. The van der Waals surface area contributed by atoms with Crippen LogP contribution in [0.1, 0.15) is 23.0 Å². The molecule has 0 aliphatic carbocycles. The molecule has 4 nitrogen and oxygen atoms in total. The van der Waals surface area contributed by atoms with E-state index in [0.29, 0.717) is 0 Å². The van der Waals surface area contributed by atoms with Crippen molar-refractivity contribution in [1.29, 1.82) is 0 Å². The highest BCUT2D eigenvalue weighted by Crippen LogP contribution is 2.27. The Morgan fingerprint density at radius 3 is 2.95 bits per heavy atom. The van der Waals surface area contributed by atoms with Crippen LogP contribution in [0.3, 0.4) is 0 Å². The molecule has 0 fully saturated rings. The summed E-state index contributed by atoms with van der Waals surface area (Å²) in [5.74, 6) is 0.961. The summed E-state index contributed by atoms with van der Waals surface area (Å²) in [6.45, 7) is 0.976. The molecule has 0 radical (unpaired) electrons. The summed E-state index contributed by atoms with van der Waals surface area (Å²) in [5.41, 5.74) is 3.60. The fourth-order valence-electron chi connectivity index (χ4n) is 2.79. The Kier molecular flexibility index (Phi) is 2.35. The normalized spacial score (nSPS) is 18.4. The average molecular weight is 250 g/mol. The zero-order valence-electron chi connectivity index (χ0n) is 10.5. The summed E-state index contributed by atoms with van der Waals surface area (Å²) in [4.78, 5) is 0. The van der Waals surface area contributed by atoms with Crippen molar-refractivity contribution < 1.29 is 0 Å². The topological polar surface area (TPSA) is 42.2 Å². The largest absolute Gasteiger partial charge is 0.303 e. The molecule has 0 saturated heterocycles. The maximum Gasteiger partial charge on any atom is 0.160 e. The number of nitrogens with zero attached hydrogens (tertiary/aromatic N) is 3. The molecule has 1 N–H and O–H groups in total. The Bertz CT molecular complexity index is 732. The van der Waals surface area contributed by atoms with E-state index in [0.717, 1.165) is 24.4 Å². The second kappa shape index (κ2) is 4.17. The van der Waals surface area contributed by atoms with Gasteiger partial charge in [0.05, 0.1) is 6.04 Å². The minimum Gasteiger partial charge on any atom is -0.303 e. The van der Waals surface area contributed by atoms with E-state index >= 15 is 0 Å². The molecule has 1 aromatic carbocycles. The maximum atomic E-state index is 4.37. The molecule has 4 rings (SSSR count). The van der Waals surface area contributed by atoms with Crippen molar-refractivity contribution in [3.05, 3.63) is 65.6 Å². The van der Waals surface area contributed by atoms with E-state index in [9.17, 15) is 0 Å². The smallest absolute Gasteiger partial charge is 0.160 e. The predicted molar refractivity (Wildman–Crippen MR) is 73.0 cm³/mol. The van der Waals surface area contributed by atoms with E-state index in [4.69, 9.17) is 0 Å². The first-order valence-corrected chi connectivity index (χ1v) is 6.54. The van der Waals surface area contributed by atoms with Crippen LogP contribution in [-0.4, -0.2) is 21.1 Å². The van der Waals surface area contributed by atoms with Crippen LogP contribution >= 0.6 is 0 Å². The van der Waals surface area contributed by atoms with Gasteiger partial charge in [-0.1, -0.05) is 30.3 Å². The number of hydrogen-bond acceptors (Lipinski definition) is 3. The first-order chi connectivity index (χ1) is 9.43. The number of aromatic nitrogens is 3. The van der Waals surface area contributed by atoms with Gasteiger partial charge >= 0.3 is 0 Å². The minimum absolute atomic E-state index is 0.127. The van der Waals surface area contributed by atoms with Gasteiger partial charge in [-0.25, -0.2) is 0 Å². The Morgan fingerprint density at radius 1 is 1.05 bits per heavy atom. The Morgan fingerprint density at radius 2 is 1.95 bits per heavy atom. The quantitative estimate of drug-likeness (QED) is 0.718. The van der Waals surface area contributed by atoms with E-state index < -0.39 is 0 Å². The molecular weight excluding hydrogens is 236 g/mol.